The molecule has 37 heavy (non-hydrogen) atoms. The number of aromatic nitrogens is 3. The first-order valence-corrected chi connectivity index (χ1v) is 12.2. The molecule has 2 atom stereocenters. The molecule has 1 N–H and O–H groups in total. The molecule has 0 saturated heterocycles. The summed E-state index contributed by atoms with van der Waals surface area (Å²) in [4.78, 5) is 25.7. The number of hydrogen-bond donors (Lipinski definition) is 1. The number of methoxy groups -OCH3 is 1. The summed E-state index contributed by atoms with van der Waals surface area (Å²) in [6.07, 6.45) is 2.47. The highest BCUT2D eigenvalue weighted by molar-refractivity contribution is 7.15. The highest BCUT2D eigenvalue weighted by atomic mass is 32.1. The fraction of sp³-hybridized carbons (Fsp3) is 0.185. The molecule has 1 amide bonds. The Balaban J connectivity index is 1.40. The number of rotatable bonds is 6. The first-order chi connectivity index (χ1) is 17.9. The zero-order valence-electron chi connectivity index (χ0n) is 19.9. The van der Waals surface area contributed by atoms with Crippen molar-refractivity contribution in [1.82, 2.24) is 14.8 Å². The molecule has 1 saturated carbocycles. The quantitative estimate of drug-likeness (QED) is 0.413. The van der Waals surface area contributed by atoms with Gasteiger partial charge in [0.2, 0.25) is 5.13 Å². The number of pyridine rings is 1. The van der Waals surface area contributed by atoms with Gasteiger partial charge in [-0.05, 0) is 48.2 Å². The van der Waals surface area contributed by atoms with Crippen LogP contribution >= 0.6 is 11.3 Å². The van der Waals surface area contributed by atoms with Gasteiger partial charge in [0, 0.05) is 36.4 Å². The van der Waals surface area contributed by atoms with Crippen LogP contribution in [0.25, 0.3) is 11.1 Å². The standard InChI is InChI=1S/C27H20N6O3S/c1-33-14-22(19-9-16(13-29)5-8-23(19)36-2)20(11-24(33)34)25(35)30-27-32-31-26(37-27)21-10-18(21)17-6-3-15(12-28)4-7-17/h3-9,11,14,18,21H,10H2,1-2H3,(H,30,32,35). The fourth-order valence-corrected chi connectivity index (χ4v) is 5.18. The second-order valence-corrected chi connectivity index (χ2v) is 9.67. The van der Waals surface area contributed by atoms with Crippen molar-refractivity contribution in [1.29, 1.82) is 10.5 Å². The molecular formula is C27H20N6O3S. The molecule has 0 bridgehead atoms. The van der Waals surface area contributed by atoms with Crippen molar-refractivity contribution in [3.05, 3.63) is 92.3 Å². The van der Waals surface area contributed by atoms with Gasteiger partial charge in [0.05, 0.1) is 35.9 Å². The third-order valence-electron chi connectivity index (χ3n) is 6.33. The van der Waals surface area contributed by atoms with Gasteiger partial charge in [0.15, 0.2) is 0 Å². The molecule has 2 aromatic heterocycles. The van der Waals surface area contributed by atoms with Crippen molar-refractivity contribution >= 4 is 22.4 Å². The number of carbonyl (C=O) groups excluding carboxylic acids is 1. The molecule has 1 fully saturated rings. The van der Waals surface area contributed by atoms with Crippen molar-refractivity contribution in [3.8, 4) is 29.0 Å². The van der Waals surface area contributed by atoms with Crippen LogP contribution in [0.5, 0.6) is 5.75 Å². The molecule has 2 heterocycles. The average molecular weight is 509 g/mol. The SMILES string of the molecule is COc1ccc(C#N)cc1-c1cn(C)c(=O)cc1C(=O)Nc1nnc(C2CC2c2ccc(C#N)cc2)s1. The summed E-state index contributed by atoms with van der Waals surface area (Å²) in [5.41, 5.74) is 2.90. The molecule has 10 heteroatoms. The van der Waals surface area contributed by atoms with E-state index < -0.39 is 5.91 Å². The van der Waals surface area contributed by atoms with Crippen molar-refractivity contribution < 1.29 is 9.53 Å². The number of nitrogens with zero attached hydrogens (tertiary/aromatic N) is 5. The molecule has 4 aromatic rings. The number of nitriles is 2. The van der Waals surface area contributed by atoms with Crippen LogP contribution in [0, 0.1) is 22.7 Å². The minimum Gasteiger partial charge on any atom is -0.496 e. The minimum atomic E-state index is -0.515. The summed E-state index contributed by atoms with van der Waals surface area (Å²) in [6, 6.07) is 17.9. The lowest BCUT2D eigenvalue weighted by atomic mass is 9.98. The van der Waals surface area contributed by atoms with Gasteiger partial charge in [-0.1, -0.05) is 23.5 Å². The fourth-order valence-electron chi connectivity index (χ4n) is 4.26. The zero-order chi connectivity index (χ0) is 26.1. The van der Waals surface area contributed by atoms with Crippen LogP contribution in [0.3, 0.4) is 0 Å². The summed E-state index contributed by atoms with van der Waals surface area (Å²) in [5.74, 6) is 0.452. The lowest BCUT2D eigenvalue weighted by Crippen LogP contribution is -2.21. The Hall–Kier alpha value is -4.80. The molecule has 0 aliphatic heterocycles. The van der Waals surface area contributed by atoms with E-state index in [-0.39, 0.29) is 17.0 Å². The van der Waals surface area contributed by atoms with Gasteiger partial charge >= 0.3 is 0 Å². The Morgan fingerprint density at radius 1 is 1.05 bits per heavy atom. The van der Waals surface area contributed by atoms with Crippen LogP contribution in [-0.4, -0.2) is 27.8 Å². The third-order valence-corrected chi connectivity index (χ3v) is 7.30. The number of benzene rings is 2. The Morgan fingerprint density at radius 3 is 2.49 bits per heavy atom. The predicted octanol–water partition coefficient (Wildman–Crippen LogP) is 4.18. The predicted molar refractivity (Wildman–Crippen MR) is 138 cm³/mol. The van der Waals surface area contributed by atoms with E-state index in [1.54, 1.807) is 43.6 Å². The van der Waals surface area contributed by atoms with Crippen LogP contribution in [-0.2, 0) is 7.05 Å². The van der Waals surface area contributed by atoms with E-state index >= 15 is 0 Å². The first kappa shape index (κ1) is 23.9. The molecule has 0 spiro atoms. The van der Waals surface area contributed by atoms with Crippen molar-refractivity contribution in [2.75, 3.05) is 12.4 Å². The lowest BCUT2D eigenvalue weighted by molar-refractivity contribution is 0.102. The van der Waals surface area contributed by atoms with Crippen LogP contribution in [0.2, 0.25) is 0 Å². The highest BCUT2D eigenvalue weighted by Crippen LogP contribution is 2.55. The summed E-state index contributed by atoms with van der Waals surface area (Å²) >= 11 is 1.30. The molecule has 2 unspecified atom stereocenters. The van der Waals surface area contributed by atoms with E-state index in [4.69, 9.17) is 10.00 Å². The van der Waals surface area contributed by atoms with E-state index in [1.807, 2.05) is 12.1 Å². The highest BCUT2D eigenvalue weighted by Gasteiger charge is 2.42. The number of amides is 1. The van der Waals surface area contributed by atoms with Crippen molar-refractivity contribution in [3.63, 3.8) is 0 Å². The molecule has 2 aromatic carbocycles. The molecule has 1 aliphatic rings. The summed E-state index contributed by atoms with van der Waals surface area (Å²) in [5, 5.41) is 30.7. The van der Waals surface area contributed by atoms with Gasteiger partial charge in [-0.2, -0.15) is 10.5 Å². The van der Waals surface area contributed by atoms with Gasteiger partial charge in [-0.25, -0.2) is 0 Å². The van der Waals surface area contributed by atoms with E-state index in [2.05, 4.69) is 27.7 Å². The van der Waals surface area contributed by atoms with Crippen LogP contribution < -0.4 is 15.6 Å². The maximum absolute atomic E-state index is 13.3. The number of carbonyl (C=O) groups is 1. The smallest absolute Gasteiger partial charge is 0.258 e. The molecule has 182 valence electrons. The van der Waals surface area contributed by atoms with Crippen LogP contribution in [0.1, 0.15) is 50.3 Å². The van der Waals surface area contributed by atoms with Gasteiger partial charge in [-0.15, -0.1) is 10.2 Å². The van der Waals surface area contributed by atoms with E-state index in [0.717, 1.165) is 17.0 Å². The largest absolute Gasteiger partial charge is 0.496 e. The summed E-state index contributed by atoms with van der Waals surface area (Å²) in [7, 11) is 3.09. The van der Waals surface area contributed by atoms with Gasteiger partial charge in [0.25, 0.3) is 11.5 Å². The number of aryl methyl sites for hydroxylation is 1. The number of anilines is 1. The number of ether oxygens (including phenoxy) is 1. The Morgan fingerprint density at radius 2 is 1.78 bits per heavy atom. The number of nitrogens with one attached hydrogen (secondary N) is 1. The van der Waals surface area contributed by atoms with Crippen molar-refractivity contribution in [2.24, 2.45) is 7.05 Å². The third kappa shape index (κ3) is 4.70. The molecule has 9 nitrogen and oxygen atoms in total. The van der Waals surface area contributed by atoms with Gasteiger partial charge in [0.1, 0.15) is 10.8 Å². The maximum atomic E-state index is 13.3. The van der Waals surface area contributed by atoms with Gasteiger partial charge < -0.3 is 9.30 Å². The van der Waals surface area contributed by atoms with E-state index in [1.165, 1.54) is 29.1 Å². The Kier molecular flexibility index (Phi) is 6.26. The first-order valence-electron chi connectivity index (χ1n) is 11.4. The minimum absolute atomic E-state index is 0.134. The van der Waals surface area contributed by atoms with Gasteiger partial charge in [-0.3, -0.25) is 14.9 Å². The number of hydrogen-bond acceptors (Lipinski definition) is 8. The molecule has 1 aliphatic carbocycles. The zero-order valence-corrected chi connectivity index (χ0v) is 20.7. The topological polar surface area (TPSA) is 134 Å². The van der Waals surface area contributed by atoms with Crippen molar-refractivity contribution in [2.45, 2.75) is 18.3 Å². The summed E-state index contributed by atoms with van der Waals surface area (Å²) in [6.45, 7) is 0. The average Bonchev–Trinajstić information content (AvgIpc) is 3.59. The summed E-state index contributed by atoms with van der Waals surface area (Å²) < 4.78 is 6.82. The van der Waals surface area contributed by atoms with Crippen LogP contribution in [0.15, 0.2) is 59.5 Å². The molecule has 5 rings (SSSR count). The molecule has 0 radical (unpaired) electrons. The monoisotopic (exact) mass is 508 g/mol. The normalized spacial score (nSPS) is 15.9. The Bertz CT molecular complexity index is 1660. The van der Waals surface area contributed by atoms with E-state index in [9.17, 15) is 14.9 Å². The maximum Gasteiger partial charge on any atom is 0.258 e. The van der Waals surface area contributed by atoms with Crippen LogP contribution in [0.4, 0.5) is 5.13 Å². The molecular weight excluding hydrogens is 488 g/mol. The Labute approximate surface area is 216 Å². The second-order valence-electron chi connectivity index (χ2n) is 8.66. The van der Waals surface area contributed by atoms with E-state index in [0.29, 0.717) is 39.1 Å². The lowest BCUT2D eigenvalue weighted by Gasteiger charge is -2.14. The second kappa shape index (κ2) is 9.69.